The molecule has 0 radical (unpaired) electrons. The van der Waals surface area contributed by atoms with Crippen LogP contribution in [-0.4, -0.2) is 96.6 Å². The zero-order valence-electron chi connectivity index (χ0n) is 28.0. The average molecular weight is 659 g/mol. The van der Waals surface area contributed by atoms with Crippen molar-refractivity contribution in [2.24, 2.45) is 17.6 Å². The van der Waals surface area contributed by atoms with Gasteiger partial charge < -0.3 is 36.0 Å². The predicted octanol–water partition coefficient (Wildman–Crippen LogP) is 2.64. The van der Waals surface area contributed by atoms with Gasteiger partial charge in [-0.15, -0.1) is 0 Å². The third kappa shape index (κ3) is 5.34. The molecule has 254 valence electrons. The summed E-state index contributed by atoms with van der Waals surface area (Å²) in [6.45, 7) is 6.75. The molecule has 12 nitrogen and oxygen atoms in total. The quantitative estimate of drug-likeness (QED) is 0.263. The van der Waals surface area contributed by atoms with Gasteiger partial charge in [0.2, 0.25) is 5.78 Å². The number of allylic oxidation sites excluding steroid dienone is 2. The zero-order chi connectivity index (χ0) is 35.4. The molecule has 5 rings (SSSR count). The standard InChI is InChI=1S/C36H42N4O8/c1-8-48-26(41)16-38-35(46)20-11-9-10-19(12-20)22-15-25(39(4)5)23-13-21-14-24-30(40(6)7)33(44)28(18(3)37)34(45)36(24,47)17(2)27(21)32(43)29(23)31(22)42/h9-12,15,21,24,30,42,44,47H,3,8,13-14,16,37H2,1-2,4-7H3,(H,38,46)/t21-,24-,30+,36+/m0/s1. The van der Waals surface area contributed by atoms with Gasteiger partial charge in [-0.3, -0.25) is 24.1 Å². The van der Waals surface area contributed by atoms with Crippen molar-refractivity contribution in [2.45, 2.75) is 38.3 Å². The minimum Gasteiger partial charge on any atom is -0.510 e. The number of fused-ring (bicyclic) bond motifs is 3. The minimum absolute atomic E-state index is 0.0512. The van der Waals surface area contributed by atoms with E-state index in [2.05, 4.69) is 11.9 Å². The van der Waals surface area contributed by atoms with Crippen LogP contribution < -0.4 is 16.0 Å². The fourth-order valence-corrected chi connectivity index (χ4v) is 7.63. The number of aromatic hydroxyl groups is 1. The number of hydrogen-bond donors (Lipinski definition) is 5. The monoisotopic (exact) mass is 658 g/mol. The van der Waals surface area contributed by atoms with Crippen LogP contribution in [0.1, 0.15) is 46.5 Å². The van der Waals surface area contributed by atoms with E-state index in [1.807, 2.05) is 19.0 Å². The number of amides is 1. The highest BCUT2D eigenvalue weighted by Crippen LogP contribution is 2.55. The maximum Gasteiger partial charge on any atom is 0.325 e. The Morgan fingerprint density at radius 2 is 1.83 bits per heavy atom. The van der Waals surface area contributed by atoms with Gasteiger partial charge in [0, 0.05) is 48.1 Å². The Morgan fingerprint density at radius 1 is 1.15 bits per heavy atom. The number of likely N-dealkylation sites (N-methyl/N-ethyl adjacent to an activating group) is 1. The van der Waals surface area contributed by atoms with Gasteiger partial charge in [-0.05, 0) is 81.6 Å². The third-order valence-electron chi connectivity index (χ3n) is 9.75. The molecule has 0 bridgehead atoms. The molecule has 48 heavy (non-hydrogen) atoms. The van der Waals surface area contributed by atoms with E-state index in [4.69, 9.17) is 10.5 Å². The van der Waals surface area contributed by atoms with Crippen LogP contribution in [0.3, 0.4) is 0 Å². The number of rotatable bonds is 8. The van der Waals surface area contributed by atoms with Gasteiger partial charge in [-0.1, -0.05) is 18.7 Å². The Bertz CT molecular complexity index is 1820. The van der Waals surface area contributed by atoms with Gasteiger partial charge >= 0.3 is 5.97 Å². The summed E-state index contributed by atoms with van der Waals surface area (Å²) in [7, 11) is 7.10. The van der Waals surface area contributed by atoms with Crippen molar-refractivity contribution >= 4 is 29.1 Å². The number of phenolic OH excluding ortho intramolecular Hbond substituents is 1. The molecule has 2 aromatic rings. The summed E-state index contributed by atoms with van der Waals surface area (Å²) in [4.78, 5) is 56.6. The number of benzene rings is 2. The lowest BCUT2D eigenvalue weighted by atomic mass is 9.56. The first-order valence-electron chi connectivity index (χ1n) is 15.7. The number of aliphatic hydroxyl groups excluding tert-OH is 1. The molecule has 4 atom stereocenters. The van der Waals surface area contributed by atoms with Crippen molar-refractivity contribution in [3.63, 3.8) is 0 Å². The smallest absolute Gasteiger partial charge is 0.325 e. The summed E-state index contributed by atoms with van der Waals surface area (Å²) in [5.41, 5.74) is 6.04. The molecule has 0 saturated carbocycles. The van der Waals surface area contributed by atoms with E-state index in [1.165, 1.54) is 0 Å². The van der Waals surface area contributed by atoms with E-state index >= 15 is 0 Å². The van der Waals surface area contributed by atoms with Gasteiger partial charge in [-0.25, -0.2) is 0 Å². The lowest BCUT2D eigenvalue weighted by molar-refractivity contribution is -0.142. The normalized spacial score (nSPS) is 23.4. The molecule has 1 amide bonds. The van der Waals surface area contributed by atoms with Crippen molar-refractivity contribution in [1.29, 1.82) is 0 Å². The molecule has 0 spiro atoms. The van der Waals surface area contributed by atoms with Crippen LogP contribution in [0.5, 0.6) is 5.75 Å². The van der Waals surface area contributed by atoms with Crippen molar-refractivity contribution in [3.8, 4) is 16.9 Å². The Hall–Kier alpha value is -4.94. The van der Waals surface area contributed by atoms with Crippen molar-refractivity contribution < 1.29 is 39.2 Å². The Kier molecular flexibility index (Phi) is 9.02. The highest BCUT2D eigenvalue weighted by Gasteiger charge is 2.60. The molecule has 2 aromatic carbocycles. The Morgan fingerprint density at radius 3 is 2.44 bits per heavy atom. The molecule has 0 aromatic heterocycles. The van der Waals surface area contributed by atoms with E-state index in [0.717, 1.165) is 0 Å². The second-order valence-corrected chi connectivity index (χ2v) is 13.0. The van der Waals surface area contributed by atoms with Crippen LogP contribution in [0.4, 0.5) is 5.69 Å². The number of nitrogens with two attached hydrogens (primary N) is 1. The molecular formula is C36H42N4O8. The second kappa shape index (κ2) is 12.6. The van der Waals surface area contributed by atoms with Crippen LogP contribution in [0.2, 0.25) is 0 Å². The minimum atomic E-state index is -2.15. The first kappa shape index (κ1) is 34.4. The van der Waals surface area contributed by atoms with Gasteiger partial charge in [-0.2, -0.15) is 0 Å². The molecule has 6 N–H and O–H groups in total. The number of ketones is 2. The number of phenols is 1. The lowest BCUT2D eigenvalue weighted by Gasteiger charge is -2.52. The summed E-state index contributed by atoms with van der Waals surface area (Å²) in [5, 5.41) is 37.8. The topological polar surface area (TPSA) is 183 Å². The van der Waals surface area contributed by atoms with Gasteiger partial charge in [0.05, 0.1) is 23.8 Å². The van der Waals surface area contributed by atoms with Crippen LogP contribution in [-0.2, 0) is 20.7 Å². The number of ether oxygens (including phenoxy) is 1. The number of Topliss-reactive ketones (excluding diaryl/α,β-unsaturated/α-hetero) is 2. The number of aliphatic hydroxyl groups is 2. The predicted molar refractivity (Wildman–Crippen MR) is 180 cm³/mol. The van der Waals surface area contributed by atoms with Crippen molar-refractivity contribution in [2.75, 3.05) is 46.2 Å². The number of nitrogens with one attached hydrogen (secondary N) is 1. The van der Waals surface area contributed by atoms with Crippen molar-refractivity contribution in [1.82, 2.24) is 10.2 Å². The van der Waals surface area contributed by atoms with E-state index in [0.29, 0.717) is 28.8 Å². The van der Waals surface area contributed by atoms with Gasteiger partial charge in [0.25, 0.3) is 5.91 Å². The first-order valence-corrected chi connectivity index (χ1v) is 15.7. The summed E-state index contributed by atoms with van der Waals surface area (Å²) in [6.07, 6.45) is 0.531. The molecular weight excluding hydrogens is 616 g/mol. The fraction of sp³-hybridized carbons (Fsp3) is 0.389. The number of esters is 1. The van der Waals surface area contributed by atoms with Gasteiger partial charge in [0.1, 0.15) is 18.1 Å². The number of hydrogen-bond acceptors (Lipinski definition) is 11. The third-order valence-corrected chi connectivity index (χ3v) is 9.75. The molecule has 0 saturated heterocycles. The van der Waals surface area contributed by atoms with Gasteiger partial charge in [0.15, 0.2) is 11.4 Å². The summed E-state index contributed by atoms with van der Waals surface area (Å²) >= 11 is 0. The fourth-order valence-electron chi connectivity index (χ4n) is 7.63. The summed E-state index contributed by atoms with van der Waals surface area (Å²) in [5.74, 6) is -4.20. The average Bonchev–Trinajstić information content (AvgIpc) is 3.01. The molecule has 12 heteroatoms. The number of carbonyl (C=O) groups excluding carboxylic acids is 4. The lowest BCUT2D eigenvalue weighted by Crippen LogP contribution is -2.62. The van der Waals surface area contributed by atoms with Crippen LogP contribution in [0, 0.1) is 11.8 Å². The molecule has 0 unspecified atom stereocenters. The van der Waals surface area contributed by atoms with Crippen LogP contribution in [0.15, 0.2) is 65.1 Å². The van der Waals surface area contributed by atoms with E-state index < -0.39 is 46.9 Å². The second-order valence-electron chi connectivity index (χ2n) is 13.0. The largest absolute Gasteiger partial charge is 0.510 e. The molecule has 3 aliphatic rings. The number of carbonyl (C=O) groups is 4. The highest BCUT2D eigenvalue weighted by atomic mass is 16.5. The van der Waals surface area contributed by atoms with Crippen LogP contribution in [0.25, 0.3) is 11.1 Å². The van der Waals surface area contributed by atoms with Crippen LogP contribution >= 0.6 is 0 Å². The molecule has 0 heterocycles. The number of nitrogens with zero attached hydrogens (tertiary/aromatic N) is 2. The molecule has 0 aliphatic heterocycles. The summed E-state index contributed by atoms with van der Waals surface area (Å²) < 4.78 is 4.87. The highest BCUT2D eigenvalue weighted by molar-refractivity contribution is 6.18. The maximum absolute atomic E-state index is 14.6. The zero-order valence-corrected chi connectivity index (χ0v) is 28.0. The molecule has 0 fully saturated rings. The first-order chi connectivity index (χ1) is 22.6. The number of anilines is 1. The van der Waals surface area contributed by atoms with E-state index in [1.54, 1.807) is 63.2 Å². The Balaban J connectivity index is 1.64. The maximum atomic E-state index is 14.6. The van der Waals surface area contributed by atoms with Crippen molar-refractivity contribution in [3.05, 3.63) is 81.8 Å². The SMILES string of the molecule is C=C(N)C1=C(O)[C@H](N(C)C)[C@@H]2C[C@@H]3Cc4c(N(C)C)cc(-c5cccc(C(=O)NCC(=O)OCC)c5)c(O)c4C(=O)C3=C(C)[C@]2(O)C1=O. The van der Waals surface area contributed by atoms with E-state index in [-0.39, 0.29) is 64.6 Å². The van der Waals surface area contributed by atoms with E-state index in [9.17, 15) is 34.5 Å². The molecule has 3 aliphatic carbocycles. The Labute approximate surface area is 279 Å². The summed E-state index contributed by atoms with van der Waals surface area (Å²) in [6, 6.07) is 7.43.